The lowest BCUT2D eigenvalue weighted by molar-refractivity contribution is -0.0913. The molecule has 0 amide bonds. The van der Waals surface area contributed by atoms with Crippen LogP contribution in [0.4, 0.5) is 0 Å². The van der Waals surface area contributed by atoms with Gasteiger partial charge in [0.25, 0.3) is 0 Å². The molecule has 13 heavy (non-hydrogen) atoms. The molecule has 0 heterocycles. The first kappa shape index (κ1) is 8.28. The van der Waals surface area contributed by atoms with Gasteiger partial charge < -0.3 is 5.32 Å². The van der Waals surface area contributed by atoms with Gasteiger partial charge in [-0.05, 0) is 55.4 Å². The van der Waals surface area contributed by atoms with Crippen LogP contribution in [0.1, 0.15) is 33.1 Å². The Morgan fingerprint density at radius 3 is 2.54 bits per heavy atom. The Hall–Kier alpha value is -0.0400. The van der Waals surface area contributed by atoms with Gasteiger partial charge in [0.05, 0.1) is 0 Å². The summed E-state index contributed by atoms with van der Waals surface area (Å²) < 4.78 is 0. The van der Waals surface area contributed by atoms with Crippen LogP contribution in [0, 0.1) is 29.1 Å². The molecule has 0 spiro atoms. The van der Waals surface area contributed by atoms with E-state index in [1.807, 2.05) is 0 Å². The maximum atomic E-state index is 3.55. The zero-order chi connectivity index (χ0) is 9.22. The molecule has 3 fully saturated rings. The Morgan fingerprint density at radius 1 is 1.15 bits per heavy atom. The van der Waals surface area contributed by atoms with Crippen molar-refractivity contribution in [3.05, 3.63) is 0 Å². The first-order chi connectivity index (χ1) is 6.16. The number of nitrogens with one attached hydrogen (secondary N) is 1. The lowest BCUT2D eigenvalue weighted by Gasteiger charge is -2.60. The summed E-state index contributed by atoms with van der Waals surface area (Å²) in [5.74, 6) is 4.28. The van der Waals surface area contributed by atoms with E-state index in [4.69, 9.17) is 0 Å². The highest BCUT2D eigenvalue weighted by molar-refractivity contribution is 5.17. The van der Waals surface area contributed by atoms with Crippen LogP contribution in [0.25, 0.3) is 0 Å². The second-order valence-corrected chi connectivity index (χ2v) is 6.02. The summed E-state index contributed by atoms with van der Waals surface area (Å²) in [5.41, 5.74) is 0.583. The van der Waals surface area contributed by atoms with E-state index in [-0.39, 0.29) is 0 Å². The van der Waals surface area contributed by atoms with E-state index in [9.17, 15) is 0 Å². The van der Waals surface area contributed by atoms with Crippen molar-refractivity contribution in [1.29, 1.82) is 0 Å². The molecule has 74 valence electrons. The molecular formula is C12H21N. The number of rotatable bonds is 1. The molecule has 0 aromatic carbocycles. The van der Waals surface area contributed by atoms with Gasteiger partial charge in [0.15, 0.2) is 0 Å². The van der Waals surface area contributed by atoms with Crippen LogP contribution in [0.5, 0.6) is 0 Å². The van der Waals surface area contributed by atoms with E-state index >= 15 is 0 Å². The molecule has 3 aliphatic carbocycles. The van der Waals surface area contributed by atoms with E-state index in [1.54, 1.807) is 6.42 Å². The van der Waals surface area contributed by atoms with Crippen molar-refractivity contribution in [2.24, 2.45) is 29.1 Å². The average Bonchev–Trinajstić information content (AvgIpc) is 2.61. The van der Waals surface area contributed by atoms with Gasteiger partial charge in [0, 0.05) is 6.04 Å². The molecular weight excluding hydrogens is 158 g/mol. The van der Waals surface area contributed by atoms with Gasteiger partial charge >= 0.3 is 0 Å². The minimum absolute atomic E-state index is 0.583. The summed E-state index contributed by atoms with van der Waals surface area (Å²) in [6, 6.07) is 0.813. The van der Waals surface area contributed by atoms with E-state index in [0.717, 1.165) is 29.7 Å². The fourth-order valence-electron chi connectivity index (χ4n) is 5.07. The fraction of sp³-hybridized carbons (Fsp3) is 1.00. The van der Waals surface area contributed by atoms with E-state index in [1.165, 1.54) is 12.8 Å². The van der Waals surface area contributed by atoms with Crippen LogP contribution in [-0.2, 0) is 0 Å². The molecule has 5 atom stereocenters. The van der Waals surface area contributed by atoms with Crippen LogP contribution in [0.2, 0.25) is 0 Å². The minimum Gasteiger partial charge on any atom is -0.316 e. The van der Waals surface area contributed by atoms with Gasteiger partial charge in [-0.25, -0.2) is 0 Å². The third kappa shape index (κ3) is 0.782. The predicted molar refractivity (Wildman–Crippen MR) is 54.4 cm³/mol. The monoisotopic (exact) mass is 179 g/mol. The van der Waals surface area contributed by atoms with Crippen LogP contribution in [0.3, 0.4) is 0 Å². The molecule has 1 N–H and O–H groups in total. The number of hydrogen-bond donors (Lipinski definition) is 1. The molecule has 0 aliphatic heterocycles. The molecule has 0 radical (unpaired) electrons. The summed E-state index contributed by atoms with van der Waals surface area (Å²) in [5, 5.41) is 3.55. The molecule has 3 saturated carbocycles. The van der Waals surface area contributed by atoms with E-state index < -0.39 is 0 Å². The molecule has 0 aromatic heterocycles. The molecule has 1 heteroatoms. The van der Waals surface area contributed by atoms with Crippen molar-refractivity contribution in [3.63, 3.8) is 0 Å². The summed E-state index contributed by atoms with van der Waals surface area (Å²) >= 11 is 0. The zero-order valence-corrected chi connectivity index (χ0v) is 9.01. The van der Waals surface area contributed by atoms with Crippen molar-refractivity contribution < 1.29 is 0 Å². The van der Waals surface area contributed by atoms with Gasteiger partial charge in [0.2, 0.25) is 0 Å². The van der Waals surface area contributed by atoms with Crippen LogP contribution in [0.15, 0.2) is 0 Å². The topological polar surface area (TPSA) is 12.0 Å². The second-order valence-electron chi connectivity index (χ2n) is 6.02. The summed E-state index contributed by atoms with van der Waals surface area (Å²) in [4.78, 5) is 0. The Kier molecular flexibility index (Phi) is 1.47. The van der Waals surface area contributed by atoms with E-state index in [0.29, 0.717) is 5.41 Å². The second kappa shape index (κ2) is 2.31. The Bertz CT molecular complexity index is 233. The van der Waals surface area contributed by atoms with Gasteiger partial charge in [0.1, 0.15) is 0 Å². The SMILES string of the molecule is CNC1C2C3CCC(C3)C2C1(C)C. The Labute approximate surface area is 81.3 Å². The summed E-state index contributed by atoms with van der Waals surface area (Å²) in [6.45, 7) is 4.94. The smallest absolute Gasteiger partial charge is 0.0152 e. The lowest BCUT2D eigenvalue weighted by Crippen LogP contribution is -2.65. The van der Waals surface area contributed by atoms with Crippen molar-refractivity contribution in [2.75, 3.05) is 7.05 Å². The highest BCUT2D eigenvalue weighted by Crippen LogP contribution is 2.68. The highest BCUT2D eigenvalue weighted by Gasteiger charge is 2.65. The molecule has 5 unspecified atom stereocenters. The normalized spacial score (nSPS) is 56.1. The molecule has 2 bridgehead atoms. The maximum absolute atomic E-state index is 3.55. The standard InChI is InChI=1S/C12H21N/c1-12(2)10-8-5-4-7(6-8)9(10)11(12)13-3/h7-11,13H,4-6H2,1-3H3. The largest absolute Gasteiger partial charge is 0.316 e. The third-order valence-electron chi connectivity index (χ3n) is 5.34. The van der Waals surface area contributed by atoms with Crippen LogP contribution < -0.4 is 5.32 Å². The van der Waals surface area contributed by atoms with Crippen molar-refractivity contribution in [1.82, 2.24) is 5.32 Å². The molecule has 3 rings (SSSR count). The molecule has 0 saturated heterocycles. The summed E-state index contributed by atoms with van der Waals surface area (Å²) in [6.07, 6.45) is 4.61. The Morgan fingerprint density at radius 2 is 1.85 bits per heavy atom. The van der Waals surface area contributed by atoms with Gasteiger partial charge in [-0.15, -0.1) is 0 Å². The first-order valence-corrected chi connectivity index (χ1v) is 5.83. The van der Waals surface area contributed by atoms with Crippen LogP contribution >= 0.6 is 0 Å². The van der Waals surface area contributed by atoms with Gasteiger partial charge in [-0.2, -0.15) is 0 Å². The highest BCUT2D eigenvalue weighted by atomic mass is 15.0. The summed E-state index contributed by atoms with van der Waals surface area (Å²) in [7, 11) is 2.15. The Balaban J connectivity index is 1.90. The molecule has 3 aliphatic rings. The van der Waals surface area contributed by atoms with Crippen molar-refractivity contribution in [2.45, 2.75) is 39.2 Å². The average molecular weight is 179 g/mol. The zero-order valence-electron chi connectivity index (χ0n) is 9.01. The molecule has 0 aromatic rings. The minimum atomic E-state index is 0.583. The molecule has 1 nitrogen and oxygen atoms in total. The lowest BCUT2D eigenvalue weighted by atomic mass is 9.48. The van der Waals surface area contributed by atoms with Gasteiger partial charge in [-0.3, -0.25) is 0 Å². The predicted octanol–water partition coefficient (Wildman–Crippen LogP) is 2.28. The fourth-order valence-corrected chi connectivity index (χ4v) is 5.07. The number of hydrogen-bond acceptors (Lipinski definition) is 1. The van der Waals surface area contributed by atoms with Gasteiger partial charge in [-0.1, -0.05) is 13.8 Å². The first-order valence-electron chi connectivity index (χ1n) is 5.83. The number of fused-ring (bicyclic) bond motifs is 5. The van der Waals surface area contributed by atoms with E-state index in [2.05, 4.69) is 26.2 Å². The maximum Gasteiger partial charge on any atom is 0.0152 e. The van der Waals surface area contributed by atoms with Crippen molar-refractivity contribution in [3.8, 4) is 0 Å². The van der Waals surface area contributed by atoms with Crippen molar-refractivity contribution >= 4 is 0 Å². The van der Waals surface area contributed by atoms with Crippen LogP contribution in [-0.4, -0.2) is 13.1 Å². The third-order valence-corrected chi connectivity index (χ3v) is 5.34. The quantitative estimate of drug-likeness (QED) is 0.651.